The molecule has 1 aromatic heterocycles. The molecule has 2 nitrogen and oxygen atoms in total. The van der Waals surface area contributed by atoms with Crippen molar-refractivity contribution >= 4 is 11.3 Å². The van der Waals surface area contributed by atoms with Gasteiger partial charge in [0.05, 0.1) is 17.7 Å². The molecule has 0 aliphatic rings. The predicted octanol–water partition coefficient (Wildman–Crippen LogP) is 3.36. The summed E-state index contributed by atoms with van der Waals surface area (Å²) in [4.78, 5) is 4.49. The molecule has 0 saturated carbocycles. The second-order valence-corrected chi connectivity index (χ2v) is 4.75. The standard InChI is InChI=1S/C11H16N2S/c1-4-9(6-12)11-13-10(7-14-11)5-8(2)3/h7-9H,4-5H2,1-3H3. The van der Waals surface area contributed by atoms with E-state index in [0.29, 0.717) is 5.92 Å². The molecule has 1 aromatic rings. The molecule has 0 bridgehead atoms. The minimum atomic E-state index is -0.0130. The van der Waals surface area contributed by atoms with Crippen molar-refractivity contribution in [3.63, 3.8) is 0 Å². The van der Waals surface area contributed by atoms with Crippen LogP contribution in [-0.2, 0) is 6.42 Å². The molecule has 1 atom stereocenters. The van der Waals surface area contributed by atoms with E-state index < -0.39 is 0 Å². The summed E-state index contributed by atoms with van der Waals surface area (Å²) >= 11 is 1.62. The van der Waals surface area contributed by atoms with E-state index in [1.165, 1.54) is 0 Å². The van der Waals surface area contributed by atoms with Gasteiger partial charge in [0, 0.05) is 5.38 Å². The number of rotatable bonds is 4. The summed E-state index contributed by atoms with van der Waals surface area (Å²) in [6.45, 7) is 6.39. The van der Waals surface area contributed by atoms with Crippen LogP contribution in [0.15, 0.2) is 5.38 Å². The summed E-state index contributed by atoms with van der Waals surface area (Å²) in [5.41, 5.74) is 1.13. The van der Waals surface area contributed by atoms with E-state index >= 15 is 0 Å². The summed E-state index contributed by atoms with van der Waals surface area (Å²) in [5.74, 6) is 0.619. The van der Waals surface area contributed by atoms with Gasteiger partial charge < -0.3 is 0 Å². The minimum absolute atomic E-state index is 0.0130. The van der Waals surface area contributed by atoms with Crippen molar-refractivity contribution in [1.29, 1.82) is 5.26 Å². The number of nitriles is 1. The zero-order valence-corrected chi connectivity index (χ0v) is 9.77. The molecule has 0 aliphatic heterocycles. The summed E-state index contributed by atoms with van der Waals surface area (Å²) in [6.07, 6.45) is 1.86. The second-order valence-electron chi connectivity index (χ2n) is 3.86. The van der Waals surface area contributed by atoms with Crippen molar-refractivity contribution in [1.82, 2.24) is 4.98 Å². The number of aromatic nitrogens is 1. The Bertz CT molecular complexity index is 322. The van der Waals surface area contributed by atoms with E-state index in [4.69, 9.17) is 5.26 Å². The average Bonchev–Trinajstić information content (AvgIpc) is 2.54. The van der Waals surface area contributed by atoms with Gasteiger partial charge in [-0.3, -0.25) is 0 Å². The topological polar surface area (TPSA) is 36.7 Å². The maximum Gasteiger partial charge on any atom is 0.110 e. The molecule has 0 N–H and O–H groups in total. The molecular formula is C11H16N2S. The van der Waals surface area contributed by atoms with Crippen molar-refractivity contribution < 1.29 is 0 Å². The second kappa shape index (κ2) is 5.11. The Hall–Kier alpha value is -0.880. The molecule has 0 radical (unpaired) electrons. The Labute approximate surface area is 89.6 Å². The maximum atomic E-state index is 8.89. The zero-order chi connectivity index (χ0) is 10.6. The van der Waals surface area contributed by atoms with Gasteiger partial charge in [-0.15, -0.1) is 11.3 Å². The third kappa shape index (κ3) is 2.81. The summed E-state index contributed by atoms with van der Waals surface area (Å²) in [5, 5.41) is 11.9. The predicted molar refractivity (Wildman–Crippen MR) is 59.3 cm³/mol. The molecule has 14 heavy (non-hydrogen) atoms. The van der Waals surface area contributed by atoms with E-state index in [1.807, 2.05) is 6.92 Å². The smallest absolute Gasteiger partial charge is 0.110 e. The third-order valence-electron chi connectivity index (χ3n) is 2.05. The van der Waals surface area contributed by atoms with Crippen LogP contribution in [-0.4, -0.2) is 4.98 Å². The van der Waals surface area contributed by atoms with Gasteiger partial charge in [-0.2, -0.15) is 5.26 Å². The van der Waals surface area contributed by atoms with Gasteiger partial charge in [0.25, 0.3) is 0 Å². The molecular weight excluding hydrogens is 192 g/mol. The lowest BCUT2D eigenvalue weighted by Gasteiger charge is -2.01. The highest BCUT2D eigenvalue weighted by molar-refractivity contribution is 7.09. The fraction of sp³-hybridized carbons (Fsp3) is 0.636. The van der Waals surface area contributed by atoms with E-state index in [1.54, 1.807) is 11.3 Å². The van der Waals surface area contributed by atoms with E-state index in [0.717, 1.165) is 23.5 Å². The van der Waals surface area contributed by atoms with E-state index in [2.05, 4.69) is 30.3 Å². The molecule has 1 unspecified atom stereocenters. The molecule has 0 spiro atoms. The van der Waals surface area contributed by atoms with Crippen LogP contribution in [0, 0.1) is 17.2 Å². The molecule has 1 heterocycles. The van der Waals surface area contributed by atoms with Crippen LogP contribution in [0.5, 0.6) is 0 Å². The SMILES string of the molecule is CCC(C#N)c1nc(CC(C)C)cs1. The largest absolute Gasteiger partial charge is 0.245 e. The average molecular weight is 208 g/mol. The van der Waals surface area contributed by atoms with E-state index in [9.17, 15) is 0 Å². The van der Waals surface area contributed by atoms with Crippen LogP contribution in [0.1, 0.15) is 43.8 Å². The first-order chi connectivity index (χ1) is 6.67. The van der Waals surface area contributed by atoms with Crippen LogP contribution in [0.2, 0.25) is 0 Å². The van der Waals surface area contributed by atoms with Gasteiger partial charge in [-0.05, 0) is 18.8 Å². The van der Waals surface area contributed by atoms with Crippen LogP contribution in [0.3, 0.4) is 0 Å². The Kier molecular flexibility index (Phi) is 4.09. The minimum Gasteiger partial charge on any atom is -0.245 e. The fourth-order valence-electron chi connectivity index (χ4n) is 1.32. The van der Waals surface area contributed by atoms with Crippen molar-refractivity contribution in [2.45, 2.75) is 39.5 Å². The van der Waals surface area contributed by atoms with Crippen molar-refractivity contribution in [3.8, 4) is 6.07 Å². The first-order valence-electron chi connectivity index (χ1n) is 5.01. The molecule has 0 amide bonds. The van der Waals surface area contributed by atoms with Gasteiger partial charge in [0.2, 0.25) is 0 Å². The number of nitrogens with zero attached hydrogens (tertiary/aromatic N) is 2. The van der Waals surface area contributed by atoms with Gasteiger partial charge in [-0.1, -0.05) is 20.8 Å². The van der Waals surface area contributed by atoms with E-state index in [-0.39, 0.29) is 5.92 Å². The normalized spacial score (nSPS) is 12.8. The Morgan fingerprint density at radius 3 is 2.79 bits per heavy atom. The number of hydrogen-bond donors (Lipinski definition) is 0. The fourth-order valence-corrected chi connectivity index (χ4v) is 2.28. The summed E-state index contributed by atoms with van der Waals surface area (Å²) in [6, 6.07) is 2.28. The Morgan fingerprint density at radius 2 is 2.29 bits per heavy atom. The van der Waals surface area contributed by atoms with Gasteiger partial charge in [0.1, 0.15) is 5.01 Å². The molecule has 0 fully saturated rings. The monoisotopic (exact) mass is 208 g/mol. The molecule has 1 rings (SSSR count). The highest BCUT2D eigenvalue weighted by Gasteiger charge is 2.12. The Balaban J connectivity index is 2.73. The molecule has 3 heteroatoms. The third-order valence-corrected chi connectivity index (χ3v) is 3.06. The first kappa shape index (κ1) is 11.2. The van der Waals surface area contributed by atoms with Crippen molar-refractivity contribution in [2.75, 3.05) is 0 Å². The lowest BCUT2D eigenvalue weighted by molar-refractivity contribution is 0.635. The van der Waals surface area contributed by atoms with Crippen LogP contribution >= 0.6 is 11.3 Å². The lowest BCUT2D eigenvalue weighted by atomic mass is 10.1. The van der Waals surface area contributed by atoms with Crippen LogP contribution < -0.4 is 0 Å². The van der Waals surface area contributed by atoms with Gasteiger partial charge >= 0.3 is 0 Å². The molecule has 76 valence electrons. The summed E-state index contributed by atoms with van der Waals surface area (Å²) in [7, 11) is 0. The number of hydrogen-bond acceptors (Lipinski definition) is 3. The van der Waals surface area contributed by atoms with Gasteiger partial charge in [0.15, 0.2) is 0 Å². The lowest BCUT2D eigenvalue weighted by Crippen LogP contribution is -1.97. The Morgan fingerprint density at radius 1 is 1.57 bits per heavy atom. The van der Waals surface area contributed by atoms with Crippen molar-refractivity contribution in [3.05, 3.63) is 16.1 Å². The zero-order valence-electron chi connectivity index (χ0n) is 8.95. The van der Waals surface area contributed by atoms with Crippen LogP contribution in [0.25, 0.3) is 0 Å². The number of thiazole rings is 1. The molecule has 0 saturated heterocycles. The highest BCUT2D eigenvalue weighted by Crippen LogP contribution is 2.23. The highest BCUT2D eigenvalue weighted by atomic mass is 32.1. The van der Waals surface area contributed by atoms with Crippen molar-refractivity contribution in [2.24, 2.45) is 5.92 Å². The summed E-state index contributed by atoms with van der Waals surface area (Å²) < 4.78 is 0. The molecule has 0 aromatic carbocycles. The maximum absolute atomic E-state index is 8.89. The quantitative estimate of drug-likeness (QED) is 0.760. The molecule has 0 aliphatic carbocycles. The first-order valence-corrected chi connectivity index (χ1v) is 5.89. The van der Waals surface area contributed by atoms with Gasteiger partial charge in [-0.25, -0.2) is 4.98 Å². The van der Waals surface area contributed by atoms with Crippen LogP contribution in [0.4, 0.5) is 0 Å².